The lowest BCUT2D eigenvalue weighted by Crippen LogP contribution is -2.57. The number of carbonyl (C=O) groups excluding carboxylic acids is 2. The van der Waals surface area contributed by atoms with Crippen molar-refractivity contribution in [3.63, 3.8) is 0 Å². The van der Waals surface area contributed by atoms with Crippen molar-refractivity contribution in [1.29, 1.82) is 0 Å². The van der Waals surface area contributed by atoms with E-state index in [9.17, 15) is 14.0 Å². The number of piperidine rings is 1. The highest BCUT2D eigenvalue weighted by molar-refractivity contribution is 6.08. The minimum absolute atomic E-state index is 0.0389. The van der Waals surface area contributed by atoms with Gasteiger partial charge in [0.25, 0.3) is 11.8 Å². The number of benzene rings is 2. The number of carbonyl (C=O) groups is 2. The fourth-order valence-electron chi connectivity index (χ4n) is 4.14. The maximum Gasteiger partial charge on any atom is 0.257 e. The fraction of sp³-hybridized carbons (Fsp3) is 0.364. The second-order valence-electron chi connectivity index (χ2n) is 7.41. The van der Waals surface area contributed by atoms with E-state index in [2.05, 4.69) is 17.1 Å². The number of hydrogen-bond acceptors (Lipinski definition) is 3. The molecule has 146 valence electrons. The van der Waals surface area contributed by atoms with Crippen molar-refractivity contribution >= 4 is 23.2 Å². The molecular weight excluding hydrogens is 357 g/mol. The molecule has 0 unspecified atom stereocenters. The van der Waals surface area contributed by atoms with Crippen molar-refractivity contribution in [2.45, 2.75) is 39.3 Å². The first kappa shape index (κ1) is 18.5. The van der Waals surface area contributed by atoms with Gasteiger partial charge in [-0.05, 0) is 69.0 Å². The molecule has 4 rings (SSSR count). The molecular formula is C22H24FN3O2. The predicted molar refractivity (Wildman–Crippen MR) is 107 cm³/mol. The maximum absolute atomic E-state index is 13.8. The smallest absolute Gasteiger partial charge is 0.257 e. The lowest BCUT2D eigenvalue weighted by Gasteiger charge is -2.47. The molecule has 0 aromatic heterocycles. The van der Waals surface area contributed by atoms with Gasteiger partial charge in [-0.15, -0.1) is 0 Å². The molecule has 2 aliphatic heterocycles. The average molecular weight is 381 g/mol. The highest BCUT2D eigenvalue weighted by Gasteiger charge is 2.38. The van der Waals surface area contributed by atoms with E-state index in [4.69, 9.17) is 0 Å². The minimum atomic E-state index is -0.358. The zero-order valence-corrected chi connectivity index (χ0v) is 16.2. The van der Waals surface area contributed by atoms with Gasteiger partial charge in [0.15, 0.2) is 0 Å². The Morgan fingerprint density at radius 2 is 2.04 bits per heavy atom. The highest BCUT2D eigenvalue weighted by atomic mass is 19.1. The van der Waals surface area contributed by atoms with Crippen LogP contribution >= 0.6 is 0 Å². The molecule has 5 nitrogen and oxygen atoms in total. The summed E-state index contributed by atoms with van der Waals surface area (Å²) in [6, 6.07) is 9.80. The van der Waals surface area contributed by atoms with E-state index in [0.29, 0.717) is 22.4 Å². The van der Waals surface area contributed by atoms with Crippen LogP contribution in [0.25, 0.3) is 0 Å². The van der Waals surface area contributed by atoms with Crippen molar-refractivity contribution in [2.75, 3.05) is 23.3 Å². The van der Waals surface area contributed by atoms with E-state index in [-0.39, 0.29) is 23.8 Å². The second-order valence-corrected chi connectivity index (χ2v) is 7.41. The zero-order chi connectivity index (χ0) is 19.8. The number of halogens is 1. The summed E-state index contributed by atoms with van der Waals surface area (Å²) in [5, 5.41) is 2.74. The van der Waals surface area contributed by atoms with E-state index in [1.165, 1.54) is 6.07 Å². The van der Waals surface area contributed by atoms with Crippen molar-refractivity contribution in [1.82, 2.24) is 4.90 Å². The highest BCUT2D eigenvalue weighted by Crippen LogP contribution is 2.35. The Kier molecular flexibility index (Phi) is 4.79. The predicted octanol–water partition coefficient (Wildman–Crippen LogP) is 4.18. The summed E-state index contributed by atoms with van der Waals surface area (Å²) in [5.41, 5.74) is 2.83. The van der Waals surface area contributed by atoms with Crippen LogP contribution in [0.5, 0.6) is 0 Å². The van der Waals surface area contributed by atoms with Gasteiger partial charge in [-0.3, -0.25) is 9.59 Å². The summed E-state index contributed by atoms with van der Waals surface area (Å²) in [6.07, 6.45) is 3.13. The molecule has 28 heavy (non-hydrogen) atoms. The molecule has 2 amide bonds. The molecule has 2 aromatic carbocycles. The molecule has 2 aliphatic rings. The minimum Gasteiger partial charge on any atom is -0.351 e. The Morgan fingerprint density at radius 3 is 2.79 bits per heavy atom. The summed E-state index contributed by atoms with van der Waals surface area (Å²) in [4.78, 5) is 29.8. The standard InChI is InChI=1S/C22H24FN3O2/c1-3-25-19-12-15(21(27)24-16-9-7-14(2)18(23)13-16)8-10-17(19)22(28)26-11-5-4-6-20(25)26/h7-10,12-13,20H,3-6,11H2,1-2H3,(H,24,27)/t20-/m0/s1. The molecule has 1 fully saturated rings. The number of fused-ring (bicyclic) bond motifs is 2. The van der Waals surface area contributed by atoms with E-state index in [1.807, 2.05) is 4.90 Å². The largest absolute Gasteiger partial charge is 0.351 e. The molecule has 0 aliphatic carbocycles. The van der Waals surface area contributed by atoms with E-state index < -0.39 is 0 Å². The molecule has 6 heteroatoms. The number of rotatable bonds is 3. The lowest BCUT2D eigenvalue weighted by atomic mass is 9.97. The summed E-state index contributed by atoms with van der Waals surface area (Å²) >= 11 is 0. The number of nitrogens with one attached hydrogen (secondary N) is 1. The number of hydrogen-bond donors (Lipinski definition) is 1. The van der Waals surface area contributed by atoms with Gasteiger partial charge < -0.3 is 15.1 Å². The van der Waals surface area contributed by atoms with Crippen LogP contribution in [-0.2, 0) is 0 Å². The summed E-state index contributed by atoms with van der Waals surface area (Å²) in [5.74, 6) is -0.638. The Hall–Kier alpha value is -2.89. The van der Waals surface area contributed by atoms with Crippen LogP contribution in [0, 0.1) is 12.7 Å². The van der Waals surface area contributed by atoms with Crippen molar-refractivity contribution in [3.8, 4) is 0 Å². The van der Waals surface area contributed by atoms with Crippen LogP contribution in [0.1, 0.15) is 52.5 Å². The van der Waals surface area contributed by atoms with Crippen LogP contribution in [0.4, 0.5) is 15.8 Å². The molecule has 1 saturated heterocycles. The monoisotopic (exact) mass is 381 g/mol. The molecule has 0 spiro atoms. The molecule has 1 atom stereocenters. The van der Waals surface area contributed by atoms with Gasteiger partial charge >= 0.3 is 0 Å². The van der Waals surface area contributed by atoms with E-state index in [1.54, 1.807) is 37.3 Å². The van der Waals surface area contributed by atoms with Crippen molar-refractivity contribution in [3.05, 3.63) is 58.9 Å². The first-order valence-corrected chi connectivity index (χ1v) is 9.78. The third-order valence-corrected chi connectivity index (χ3v) is 5.66. The van der Waals surface area contributed by atoms with Crippen LogP contribution in [0.15, 0.2) is 36.4 Å². The van der Waals surface area contributed by atoms with Gasteiger partial charge in [0.2, 0.25) is 0 Å². The van der Waals surface area contributed by atoms with Gasteiger partial charge in [0.1, 0.15) is 12.0 Å². The number of anilines is 2. The third kappa shape index (κ3) is 3.13. The Morgan fingerprint density at radius 1 is 1.21 bits per heavy atom. The second kappa shape index (κ2) is 7.26. The van der Waals surface area contributed by atoms with Gasteiger partial charge in [-0.25, -0.2) is 4.39 Å². The van der Waals surface area contributed by atoms with E-state index >= 15 is 0 Å². The van der Waals surface area contributed by atoms with Crippen molar-refractivity contribution in [2.24, 2.45) is 0 Å². The van der Waals surface area contributed by atoms with Crippen molar-refractivity contribution < 1.29 is 14.0 Å². The van der Waals surface area contributed by atoms with E-state index in [0.717, 1.165) is 38.0 Å². The number of nitrogens with zero attached hydrogens (tertiary/aromatic N) is 2. The zero-order valence-electron chi connectivity index (χ0n) is 16.2. The van der Waals surface area contributed by atoms with Gasteiger partial charge in [-0.2, -0.15) is 0 Å². The molecule has 0 saturated carbocycles. The van der Waals surface area contributed by atoms with Crippen LogP contribution in [-0.4, -0.2) is 36.0 Å². The lowest BCUT2D eigenvalue weighted by molar-refractivity contribution is 0.0582. The number of amides is 2. The van der Waals surface area contributed by atoms with Gasteiger partial charge in [0.05, 0.1) is 11.3 Å². The topological polar surface area (TPSA) is 52.7 Å². The normalized spacial score (nSPS) is 18.5. The van der Waals surface area contributed by atoms with Crippen LogP contribution in [0.3, 0.4) is 0 Å². The Labute approximate surface area is 164 Å². The summed E-state index contributed by atoms with van der Waals surface area (Å²) in [6.45, 7) is 5.28. The van der Waals surface area contributed by atoms with Crippen LogP contribution < -0.4 is 10.2 Å². The first-order chi connectivity index (χ1) is 13.5. The quantitative estimate of drug-likeness (QED) is 0.868. The molecule has 1 N–H and O–H groups in total. The third-order valence-electron chi connectivity index (χ3n) is 5.66. The Bertz CT molecular complexity index is 943. The Balaban J connectivity index is 1.65. The molecule has 2 heterocycles. The maximum atomic E-state index is 13.8. The number of aryl methyl sites for hydroxylation is 1. The van der Waals surface area contributed by atoms with Crippen LogP contribution in [0.2, 0.25) is 0 Å². The summed E-state index contributed by atoms with van der Waals surface area (Å²) < 4.78 is 13.8. The molecule has 0 bridgehead atoms. The first-order valence-electron chi connectivity index (χ1n) is 9.78. The average Bonchev–Trinajstić information content (AvgIpc) is 2.71. The molecule has 2 aromatic rings. The summed E-state index contributed by atoms with van der Waals surface area (Å²) in [7, 11) is 0. The fourth-order valence-corrected chi connectivity index (χ4v) is 4.14. The van der Waals surface area contributed by atoms with Gasteiger partial charge in [0, 0.05) is 24.3 Å². The molecule has 0 radical (unpaired) electrons. The SMILES string of the molecule is CCN1c2cc(C(=O)Nc3ccc(C)c(F)c3)ccc2C(=O)N2CCCC[C@H]21. The van der Waals surface area contributed by atoms with Gasteiger partial charge in [-0.1, -0.05) is 6.07 Å².